The lowest BCUT2D eigenvalue weighted by Gasteiger charge is -2.12. The van der Waals surface area contributed by atoms with Gasteiger partial charge in [0.1, 0.15) is 16.2 Å². The topological polar surface area (TPSA) is 29.5 Å². The fraction of sp³-hybridized carbons (Fsp3) is 0.167. The maximum absolute atomic E-state index is 10.2. The fourth-order valence-corrected chi connectivity index (χ4v) is 3.36. The highest BCUT2D eigenvalue weighted by atomic mass is 35.5. The first-order valence-corrected chi connectivity index (χ1v) is 6.94. The molecule has 0 amide bonds. The molecule has 0 aliphatic heterocycles. The number of thiophene rings is 1. The summed E-state index contributed by atoms with van der Waals surface area (Å²) in [6.07, 6.45) is -0.857. The van der Waals surface area contributed by atoms with Crippen molar-refractivity contribution < 1.29 is 9.84 Å². The minimum absolute atomic E-state index is 0.437. The second-order valence-electron chi connectivity index (χ2n) is 3.58. The van der Waals surface area contributed by atoms with Crippen LogP contribution in [0.5, 0.6) is 5.75 Å². The first kappa shape index (κ1) is 14.0. The van der Waals surface area contributed by atoms with Crippen molar-refractivity contribution in [1.82, 2.24) is 0 Å². The zero-order chi connectivity index (χ0) is 13.3. The van der Waals surface area contributed by atoms with E-state index in [0.717, 1.165) is 0 Å². The highest BCUT2D eigenvalue weighted by Gasteiger charge is 2.18. The minimum atomic E-state index is -0.857. The van der Waals surface area contributed by atoms with Gasteiger partial charge in [0, 0.05) is 5.56 Å². The van der Waals surface area contributed by atoms with Gasteiger partial charge in [-0.25, -0.2) is 0 Å². The maximum atomic E-state index is 10.2. The van der Waals surface area contributed by atoms with Crippen molar-refractivity contribution >= 4 is 46.1 Å². The van der Waals surface area contributed by atoms with E-state index in [-0.39, 0.29) is 0 Å². The van der Waals surface area contributed by atoms with Gasteiger partial charge in [0.05, 0.1) is 16.5 Å². The van der Waals surface area contributed by atoms with Crippen LogP contribution in [0, 0.1) is 0 Å². The summed E-state index contributed by atoms with van der Waals surface area (Å²) >= 11 is 19.1. The number of aliphatic hydroxyl groups excluding tert-OH is 1. The van der Waals surface area contributed by atoms with E-state index < -0.39 is 6.10 Å². The van der Waals surface area contributed by atoms with Crippen LogP contribution in [0.2, 0.25) is 13.7 Å². The molecule has 1 aromatic carbocycles. The van der Waals surface area contributed by atoms with Crippen LogP contribution in [-0.2, 0) is 0 Å². The maximum Gasteiger partial charge on any atom is 0.137 e. The summed E-state index contributed by atoms with van der Waals surface area (Å²) in [4.78, 5) is 0. The quantitative estimate of drug-likeness (QED) is 0.879. The molecule has 1 heterocycles. The molecule has 0 spiro atoms. The van der Waals surface area contributed by atoms with Gasteiger partial charge in [-0.3, -0.25) is 0 Å². The van der Waals surface area contributed by atoms with Gasteiger partial charge in [-0.05, 0) is 23.8 Å². The Hall–Kier alpha value is -0.450. The number of halogens is 3. The summed E-state index contributed by atoms with van der Waals surface area (Å²) < 4.78 is 6.06. The second kappa shape index (κ2) is 5.68. The van der Waals surface area contributed by atoms with Gasteiger partial charge in [-0.2, -0.15) is 0 Å². The van der Waals surface area contributed by atoms with E-state index in [1.807, 2.05) is 0 Å². The number of aliphatic hydroxyl groups is 1. The lowest BCUT2D eigenvalue weighted by molar-refractivity contribution is 0.221. The Kier molecular flexibility index (Phi) is 4.41. The third-order valence-corrected chi connectivity index (χ3v) is 4.28. The predicted octanol–water partition coefficient (Wildman–Crippen LogP) is 4.80. The number of rotatable bonds is 3. The minimum Gasteiger partial charge on any atom is -0.495 e. The molecule has 0 saturated carbocycles. The first-order chi connectivity index (χ1) is 8.52. The molecule has 2 nitrogen and oxygen atoms in total. The monoisotopic (exact) mass is 322 g/mol. The molecular formula is C12H9Cl3O2S. The van der Waals surface area contributed by atoms with Crippen LogP contribution in [0.3, 0.4) is 0 Å². The molecule has 0 fully saturated rings. The SMILES string of the molecule is COc1ccc(C(O)c2cc(Cl)sc2Cl)cc1Cl. The number of hydrogen-bond acceptors (Lipinski definition) is 3. The molecule has 1 atom stereocenters. The zero-order valence-corrected chi connectivity index (χ0v) is 12.4. The van der Waals surface area contributed by atoms with Crippen LogP contribution >= 0.6 is 46.1 Å². The smallest absolute Gasteiger partial charge is 0.137 e. The molecule has 2 rings (SSSR count). The zero-order valence-electron chi connectivity index (χ0n) is 9.28. The molecule has 0 bridgehead atoms. The summed E-state index contributed by atoms with van der Waals surface area (Å²) in [5.41, 5.74) is 1.21. The molecule has 96 valence electrons. The Bertz CT molecular complexity index is 568. The van der Waals surface area contributed by atoms with Crippen LogP contribution in [0.15, 0.2) is 24.3 Å². The Morgan fingerprint density at radius 1 is 1.22 bits per heavy atom. The molecule has 1 aromatic heterocycles. The summed E-state index contributed by atoms with van der Waals surface area (Å²) in [7, 11) is 1.53. The van der Waals surface area contributed by atoms with E-state index in [4.69, 9.17) is 39.5 Å². The average Bonchev–Trinajstić information content (AvgIpc) is 2.67. The molecule has 0 aliphatic carbocycles. The number of methoxy groups -OCH3 is 1. The van der Waals surface area contributed by atoms with Gasteiger partial charge >= 0.3 is 0 Å². The molecule has 0 saturated heterocycles. The fourth-order valence-electron chi connectivity index (χ4n) is 1.57. The third kappa shape index (κ3) is 2.76. The molecule has 0 aliphatic rings. The van der Waals surface area contributed by atoms with E-state index in [2.05, 4.69) is 0 Å². The number of benzene rings is 1. The van der Waals surface area contributed by atoms with E-state index in [0.29, 0.717) is 30.6 Å². The molecule has 6 heteroatoms. The van der Waals surface area contributed by atoms with E-state index >= 15 is 0 Å². The highest BCUT2D eigenvalue weighted by Crippen LogP contribution is 2.38. The Balaban J connectivity index is 2.37. The summed E-state index contributed by atoms with van der Waals surface area (Å²) in [6.45, 7) is 0. The van der Waals surface area contributed by atoms with Crippen molar-refractivity contribution in [2.45, 2.75) is 6.10 Å². The van der Waals surface area contributed by atoms with Crippen molar-refractivity contribution in [3.63, 3.8) is 0 Å². The molecule has 18 heavy (non-hydrogen) atoms. The molecule has 1 N–H and O–H groups in total. The van der Waals surface area contributed by atoms with E-state index in [1.165, 1.54) is 18.4 Å². The molecule has 1 unspecified atom stereocenters. The second-order valence-corrected chi connectivity index (χ2v) is 6.27. The lowest BCUT2D eigenvalue weighted by atomic mass is 10.0. The van der Waals surface area contributed by atoms with Gasteiger partial charge in [-0.15, -0.1) is 11.3 Å². The summed E-state index contributed by atoms with van der Waals surface area (Å²) in [5.74, 6) is 0.557. The predicted molar refractivity (Wildman–Crippen MR) is 76.4 cm³/mol. The highest BCUT2D eigenvalue weighted by molar-refractivity contribution is 7.20. The van der Waals surface area contributed by atoms with E-state index in [1.54, 1.807) is 24.3 Å². The molecule has 2 aromatic rings. The summed E-state index contributed by atoms with van der Waals surface area (Å²) in [5, 5.41) is 10.7. The summed E-state index contributed by atoms with van der Waals surface area (Å²) in [6, 6.07) is 6.73. The Labute approximate surface area is 124 Å². The lowest BCUT2D eigenvalue weighted by Crippen LogP contribution is -1.99. The van der Waals surface area contributed by atoms with Crippen LogP contribution < -0.4 is 4.74 Å². The van der Waals surface area contributed by atoms with Gasteiger partial charge < -0.3 is 9.84 Å². The van der Waals surface area contributed by atoms with Gasteiger partial charge in [0.25, 0.3) is 0 Å². The number of hydrogen-bond donors (Lipinski definition) is 1. The first-order valence-electron chi connectivity index (χ1n) is 4.99. The average molecular weight is 324 g/mol. The third-order valence-electron chi connectivity index (χ3n) is 2.47. The van der Waals surface area contributed by atoms with Crippen LogP contribution in [0.1, 0.15) is 17.2 Å². The van der Waals surface area contributed by atoms with E-state index in [9.17, 15) is 5.11 Å². The van der Waals surface area contributed by atoms with Crippen molar-refractivity contribution in [3.05, 3.63) is 49.1 Å². The standard InChI is InChI=1S/C12H9Cl3O2S/c1-17-9-3-2-6(4-8(9)13)11(16)7-5-10(14)18-12(7)15/h2-5,11,16H,1H3. The van der Waals surface area contributed by atoms with Crippen molar-refractivity contribution in [2.24, 2.45) is 0 Å². The number of ether oxygens (including phenoxy) is 1. The Morgan fingerprint density at radius 2 is 1.94 bits per heavy atom. The molecular weight excluding hydrogens is 315 g/mol. The van der Waals surface area contributed by atoms with Crippen molar-refractivity contribution in [2.75, 3.05) is 7.11 Å². The largest absolute Gasteiger partial charge is 0.495 e. The normalized spacial score (nSPS) is 12.5. The van der Waals surface area contributed by atoms with Crippen LogP contribution in [0.4, 0.5) is 0 Å². The van der Waals surface area contributed by atoms with Gasteiger partial charge in [0.2, 0.25) is 0 Å². The van der Waals surface area contributed by atoms with Crippen molar-refractivity contribution in [3.8, 4) is 5.75 Å². The van der Waals surface area contributed by atoms with Crippen LogP contribution in [0.25, 0.3) is 0 Å². The van der Waals surface area contributed by atoms with Crippen molar-refractivity contribution in [1.29, 1.82) is 0 Å². The van der Waals surface area contributed by atoms with Gasteiger partial charge in [-0.1, -0.05) is 40.9 Å². The van der Waals surface area contributed by atoms with Gasteiger partial charge in [0.15, 0.2) is 0 Å². The molecule has 0 radical (unpaired) electrons. The Morgan fingerprint density at radius 3 is 2.44 bits per heavy atom. The van der Waals surface area contributed by atoms with Crippen LogP contribution in [-0.4, -0.2) is 12.2 Å².